The Bertz CT molecular complexity index is 603. The Morgan fingerprint density at radius 1 is 0.889 bits per heavy atom. The molecule has 0 aliphatic heterocycles. The number of hydrogen-bond donors (Lipinski definition) is 1. The largest absolute Gasteiger partial charge is 0.478 e. The minimum absolute atomic E-state index is 0.148. The lowest BCUT2D eigenvalue weighted by atomic mass is 10.0. The second kappa shape index (κ2) is 4.52. The van der Waals surface area contributed by atoms with Crippen molar-refractivity contribution < 1.29 is 23.1 Å². The summed E-state index contributed by atoms with van der Waals surface area (Å²) in [5.74, 6) is -3.91. The van der Waals surface area contributed by atoms with E-state index >= 15 is 0 Å². The summed E-state index contributed by atoms with van der Waals surface area (Å²) in [5.41, 5.74) is -0.167. The molecule has 0 heterocycles. The Morgan fingerprint density at radius 3 is 2.06 bits per heavy atom. The number of carboxylic acids is 1. The van der Waals surface area contributed by atoms with E-state index in [2.05, 4.69) is 0 Å². The van der Waals surface area contributed by atoms with Gasteiger partial charge in [0.25, 0.3) is 0 Å². The molecule has 2 nitrogen and oxygen atoms in total. The average Bonchev–Trinajstić information content (AvgIpc) is 2.27. The minimum atomic E-state index is -1.44. The van der Waals surface area contributed by atoms with Crippen LogP contribution in [0.4, 0.5) is 13.2 Å². The van der Waals surface area contributed by atoms with E-state index < -0.39 is 29.0 Å². The van der Waals surface area contributed by atoms with Gasteiger partial charge in [-0.15, -0.1) is 0 Å². The molecule has 0 saturated carbocycles. The maximum atomic E-state index is 13.2. The summed E-state index contributed by atoms with van der Waals surface area (Å²) in [4.78, 5) is 10.8. The molecular weight excluding hydrogens is 245 g/mol. The van der Waals surface area contributed by atoms with Crippen LogP contribution in [0, 0.1) is 17.5 Å². The van der Waals surface area contributed by atoms with Crippen LogP contribution in [0.5, 0.6) is 0 Å². The minimum Gasteiger partial charge on any atom is -0.478 e. The van der Waals surface area contributed by atoms with Crippen LogP contribution in [-0.2, 0) is 0 Å². The molecule has 0 aromatic heterocycles. The molecule has 5 heteroatoms. The van der Waals surface area contributed by atoms with Crippen LogP contribution in [0.2, 0.25) is 0 Å². The highest BCUT2D eigenvalue weighted by atomic mass is 19.1. The highest BCUT2D eigenvalue weighted by Crippen LogP contribution is 2.24. The fourth-order valence-electron chi connectivity index (χ4n) is 1.59. The van der Waals surface area contributed by atoms with Gasteiger partial charge in [-0.1, -0.05) is 6.07 Å². The van der Waals surface area contributed by atoms with E-state index in [0.29, 0.717) is 6.07 Å². The molecule has 0 aliphatic carbocycles. The summed E-state index contributed by atoms with van der Waals surface area (Å²) in [6.07, 6.45) is 0. The molecule has 2 rings (SSSR count). The number of benzene rings is 2. The van der Waals surface area contributed by atoms with Crippen molar-refractivity contribution in [3.63, 3.8) is 0 Å². The number of aromatic carboxylic acids is 1. The molecule has 0 bridgehead atoms. The fraction of sp³-hybridized carbons (Fsp3) is 0. The maximum Gasteiger partial charge on any atom is 0.338 e. The SMILES string of the molecule is O=C(O)c1cc(-c2cc(F)cc(F)c2)ccc1F. The smallest absolute Gasteiger partial charge is 0.338 e. The standard InChI is InChI=1S/C13H7F3O2/c14-9-3-8(4-10(15)6-9)7-1-2-12(16)11(5-7)13(17)18/h1-6H,(H,17,18). The van der Waals surface area contributed by atoms with Crippen LogP contribution >= 0.6 is 0 Å². The van der Waals surface area contributed by atoms with E-state index in [1.165, 1.54) is 6.07 Å². The number of carboxylic acid groups (broad SMARTS) is 1. The Labute approximate surface area is 100 Å². The Morgan fingerprint density at radius 2 is 1.50 bits per heavy atom. The molecule has 0 radical (unpaired) electrons. The number of hydrogen-bond acceptors (Lipinski definition) is 1. The van der Waals surface area contributed by atoms with Gasteiger partial charge in [0.1, 0.15) is 17.5 Å². The van der Waals surface area contributed by atoms with Gasteiger partial charge in [0.15, 0.2) is 0 Å². The van der Waals surface area contributed by atoms with Crippen molar-refractivity contribution in [3.8, 4) is 11.1 Å². The molecule has 0 saturated heterocycles. The van der Waals surface area contributed by atoms with Gasteiger partial charge < -0.3 is 5.11 Å². The van der Waals surface area contributed by atoms with E-state index in [1.54, 1.807) is 0 Å². The van der Waals surface area contributed by atoms with E-state index in [9.17, 15) is 18.0 Å². The summed E-state index contributed by atoms with van der Waals surface area (Å²) in [6, 6.07) is 6.03. The summed E-state index contributed by atoms with van der Waals surface area (Å²) in [7, 11) is 0. The van der Waals surface area contributed by atoms with E-state index in [1.807, 2.05) is 0 Å². The lowest BCUT2D eigenvalue weighted by Gasteiger charge is -2.05. The molecule has 2 aromatic rings. The molecule has 0 amide bonds. The van der Waals surface area contributed by atoms with Crippen LogP contribution < -0.4 is 0 Å². The van der Waals surface area contributed by atoms with Crippen LogP contribution in [0.3, 0.4) is 0 Å². The normalized spacial score (nSPS) is 10.4. The second-order valence-corrected chi connectivity index (χ2v) is 3.66. The van der Waals surface area contributed by atoms with E-state index in [4.69, 9.17) is 5.11 Å². The molecule has 92 valence electrons. The summed E-state index contributed by atoms with van der Waals surface area (Å²) in [5, 5.41) is 8.76. The van der Waals surface area contributed by atoms with Crippen LogP contribution in [0.15, 0.2) is 36.4 Å². The first-order valence-electron chi connectivity index (χ1n) is 4.96. The van der Waals surface area contributed by atoms with E-state index in [0.717, 1.165) is 24.3 Å². The average molecular weight is 252 g/mol. The van der Waals surface area contributed by atoms with Gasteiger partial charge in [-0.3, -0.25) is 0 Å². The zero-order chi connectivity index (χ0) is 13.3. The van der Waals surface area contributed by atoms with Crippen LogP contribution in [0.25, 0.3) is 11.1 Å². The molecule has 2 aromatic carbocycles. The van der Waals surface area contributed by atoms with Gasteiger partial charge in [0.2, 0.25) is 0 Å². The zero-order valence-electron chi connectivity index (χ0n) is 8.95. The first-order chi connectivity index (χ1) is 8.47. The van der Waals surface area contributed by atoms with Gasteiger partial charge in [0, 0.05) is 6.07 Å². The summed E-state index contributed by atoms with van der Waals surface area (Å²) >= 11 is 0. The molecule has 0 fully saturated rings. The van der Waals surface area contributed by atoms with Crippen molar-refractivity contribution in [2.24, 2.45) is 0 Å². The number of carbonyl (C=O) groups is 1. The van der Waals surface area contributed by atoms with E-state index in [-0.39, 0.29) is 11.1 Å². The zero-order valence-corrected chi connectivity index (χ0v) is 8.95. The maximum absolute atomic E-state index is 13.2. The topological polar surface area (TPSA) is 37.3 Å². The fourth-order valence-corrected chi connectivity index (χ4v) is 1.59. The molecule has 0 spiro atoms. The van der Waals surface area contributed by atoms with Gasteiger partial charge in [-0.25, -0.2) is 18.0 Å². The van der Waals surface area contributed by atoms with Gasteiger partial charge in [-0.2, -0.15) is 0 Å². The first kappa shape index (κ1) is 12.2. The van der Waals surface area contributed by atoms with Crippen molar-refractivity contribution in [2.75, 3.05) is 0 Å². The summed E-state index contributed by atoms with van der Waals surface area (Å²) in [6.45, 7) is 0. The Balaban J connectivity index is 2.57. The predicted octanol–water partition coefficient (Wildman–Crippen LogP) is 3.47. The molecular formula is C13H7F3O2. The summed E-state index contributed by atoms with van der Waals surface area (Å²) < 4.78 is 39.2. The number of halogens is 3. The van der Waals surface area contributed by atoms with Gasteiger partial charge in [-0.05, 0) is 35.4 Å². The highest BCUT2D eigenvalue weighted by molar-refractivity contribution is 5.89. The Kier molecular flexibility index (Phi) is 3.06. The first-order valence-corrected chi connectivity index (χ1v) is 4.96. The lowest BCUT2D eigenvalue weighted by Crippen LogP contribution is -2.00. The van der Waals surface area contributed by atoms with Crippen molar-refractivity contribution in [2.45, 2.75) is 0 Å². The molecule has 1 N–H and O–H groups in total. The van der Waals surface area contributed by atoms with Gasteiger partial charge in [0.05, 0.1) is 5.56 Å². The van der Waals surface area contributed by atoms with Crippen LogP contribution in [-0.4, -0.2) is 11.1 Å². The second-order valence-electron chi connectivity index (χ2n) is 3.66. The molecule has 0 aliphatic rings. The third-order valence-corrected chi connectivity index (χ3v) is 2.39. The Hall–Kier alpha value is -2.30. The highest BCUT2D eigenvalue weighted by Gasteiger charge is 2.12. The third kappa shape index (κ3) is 2.34. The quantitative estimate of drug-likeness (QED) is 0.888. The van der Waals surface area contributed by atoms with Crippen molar-refractivity contribution >= 4 is 5.97 Å². The van der Waals surface area contributed by atoms with Crippen molar-refractivity contribution in [1.82, 2.24) is 0 Å². The van der Waals surface area contributed by atoms with Gasteiger partial charge >= 0.3 is 5.97 Å². The molecule has 0 unspecified atom stereocenters. The molecule has 18 heavy (non-hydrogen) atoms. The predicted molar refractivity (Wildman–Crippen MR) is 58.7 cm³/mol. The molecule has 0 atom stereocenters. The number of rotatable bonds is 2. The monoisotopic (exact) mass is 252 g/mol. The lowest BCUT2D eigenvalue weighted by molar-refractivity contribution is 0.0692. The van der Waals surface area contributed by atoms with Crippen LogP contribution in [0.1, 0.15) is 10.4 Å². The third-order valence-electron chi connectivity index (χ3n) is 2.39. The van der Waals surface area contributed by atoms with Crippen molar-refractivity contribution in [3.05, 3.63) is 59.4 Å². The van der Waals surface area contributed by atoms with Crippen molar-refractivity contribution in [1.29, 1.82) is 0 Å².